The molecule has 36 heavy (non-hydrogen) atoms. The molecule has 0 bridgehead atoms. The van der Waals surface area contributed by atoms with E-state index < -0.39 is 0 Å². The van der Waals surface area contributed by atoms with Gasteiger partial charge in [-0.1, -0.05) is 63.4 Å². The summed E-state index contributed by atoms with van der Waals surface area (Å²) in [5.74, 6) is 0.735. The van der Waals surface area contributed by atoms with Gasteiger partial charge in [0.25, 0.3) is 0 Å². The summed E-state index contributed by atoms with van der Waals surface area (Å²) in [5.41, 5.74) is 7.26. The van der Waals surface area contributed by atoms with Crippen molar-refractivity contribution in [1.29, 1.82) is 0 Å². The Labute approximate surface area is 213 Å². The molecule has 1 N–H and O–H groups in total. The third-order valence-electron chi connectivity index (χ3n) is 7.22. The van der Waals surface area contributed by atoms with Crippen molar-refractivity contribution in [3.63, 3.8) is 0 Å². The Morgan fingerprint density at radius 3 is 2.47 bits per heavy atom. The molecule has 0 saturated carbocycles. The van der Waals surface area contributed by atoms with Crippen LogP contribution in [0.3, 0.4) is 0 Å². The van der Waals surface area contributed by atoms with Gasteiger partial charge in [0.15, 0.2) is 0 Å². The minimum absolute atomic E-state index is 0.0229. The maximum atomic E-state index is 13.6. The molecular formula is C31H34FN3O. The van der Waals surface area contributed by atoms with Gasteiger partial charge in [-0.05, 0) is 61.9 Å². The largest absolute Gasteiger partial charge is 0.489 e. The number of nitrogens with zero attached hydrogens (tertiary/aromatic N) is 2. The number of rotatable bonds is 8. The van der Waals surface area contributed by atoms with Crippen LogP contribution in [0.4, 0.5) is 10.1 Å². The monoisotopic (exact) mass is 483 g/mol. The molecule has 0 spiro atoms. The van der Waals surface area contributed by atoms with Gasteiger partial charge in [0, 0.05) is 22.2 Å². The Morgan fingerprint density at radius 2 is 1.75 bits per heavy atom. The van der Waals surface area contributed by atoms with E-state index in [2.05, 4.69) is 81.5 Å². The van der Waals surface area contributed by atoms with Crippen LogP contribution in [-0.2, 0) is 12.0 Å². The molecule has 186 valence electrons. The van der Waals surface area contributed by atoms with Gasteiger partial charge in [0.1, 0.15) is 17.7 Å². The minimum atomic E-state index is -0.259. The molecule has 5 rings (SSSR count). The maximum Gasteiger partial charge on any atom is 0.123 e. The molecule has 3 aromatic carbocycles. The van der Waals surface area contributed by atoms with E-state index in [9.17, 15) is 4.39 Å². The minimum Gasteiger partial charge on any atom is -0.489 e. The van der Waals surface area contributed by atoms with E-state index in [1.54, 1.807) is 12.1 Å². The topological polar surface area (TPSA) is 39.1 Å². The Hall–Kier alpha value is -3.60. The quantitative estimate of drug-likeness (QED) is 0.278. The van der Waals surface area contributed by atoms with Crippen LogP contribution in [0.15, 0.2) is 72.8 Å². The standard InChI is InChI=1S/C31H34FN3O/c1-5-6-7-30-31(3,4)27-18-24(14-17-29(27)36-30)33-20-25-19-28(22-10-8-21(2)9-11-22)35(34-25)26-15-12-23(32)13-16-26/h8-19,30,33H,5-7,20H2,1-4H3. The van der Waals surface area contributed by atoms with Gasteiger partial charge in [0.2, 0.25) is 0 Å². The fourth-order valence-corrected chi connectivity index (χ4v) is 4.95. The molecule has 4 nitrogen and oxygen atoms in total. The summed E-state index contributed by atoms with van der Waals surface area (Å²) in [7, 11) is 0. The lowest BCUT2D eigenvalue weighted by Crippen LogP contribution is -2.32. The van der Waals surface area contributed by atoms with Crippen molar-refractivity contribution in [3.8, 4) is 22.7 Å². The summed E-state index contributed by atoms with van der Waals surface area (Å²) < 4.78 is 21.8. The lowest BCUT2D eigenvalue weighted by atomic mass is 9.79. The van der Waals surface area contributed by atoms with Crippen LogP contribution in [-0.4, -0.2) is 15.9 Å². The van der Waals surface area contributed by atoms with Crippen LogP contribution in [0, 0.1) is 12.7 Å². The highest BCUT2D eigenvalue weighted by molar-refractivity contribution is 5.63. The highest BCUT2D eigenvalue weighted by Gasteiger charge is 2.41. The van der Waals surface area contributed by atoms with Crippen molar-refractivity contribution in [1.82, 2.24) is 9.78 Å². The number of fused-ring (bicyclic) bond motifs is 1. The Kier molecular flexibility index (Phi) is 6.57. The molecular weight excluding hydrogens is 449 g/mol. The number of hydrogen-bond donors (Lipinski definition) is 1. The van der Waals surface area contributed by atoms with Gasteiger partial charge in [-0.15, -0.1) is 0 Å². The Bertz CT molecular complexity index is 1280. The molecule has 1 unspecified atom stereocenters. The second kappa shape index (κ2) is 9.81. The van der Waals surface area contributed by atoms with Crippen molar-refractivity contribution >= 4 is 5.69 Å². The first-order chi connectivity index (χ1) is 17.3. The number of unbranched alkanes of at least 4 members (excludes halogenated alkanes) is 1. The summed E-state index contributed by atoms with van der Waals surface area (Å²) in [6, 6.07) is 23.3. The molecule has 0 aliphatic carbocycles. The second-order valence-electron chi connectivity index (χ2n) is 10.3. The average Bonchev–Trinajstić information content (AvgIpc) is 3.41. The zero-order valence-electron chi connectivity index (χ0n) is 21.5. The number of aromatic nitrogens is 2. The van der Waals surface area contributed by atoms with Crippen LogP contribution in [0.1, 0.15) is 56.9 Å². The molecule has 1 aliphatic rings. The summed E-state index contributed by atoms with van der Waals surface area (Å²) in [5, 5.41) is 8.43. The van der Waals surface area contributed by atoms with Gasteiger partial charge in [-0.2, -0.15) is 5.10 Å². The van der Waals surface area contributed by atoms with Gasteiger partial charge in [0.05, 0.1) is 23.6 Å². The number of benzene rings is 3. The van der Waals surface area contributed by atoms with Crippen LogP contribution >= 0.6 is 0 Å². The van der Waals surface area contributed by atoms with Gasteiger partial charge >= 0.3 is 0 Å². The molecule has 0 saturated heterocycles. The van der Waals surface area contributed by atoms with E-state index in [0.29, 0.717) is 6.54 Å². The van der Waals surface area contributed by atoms with Crippen LogP contribution < -0.4 is 10.1 Å². The van der Waals surface area contributed by atoms with Gasteiger partial charge in [-0.25, -0.2) is 9.07 Å². The van der Waals surface area contributed by atoms with Crippen LogP contribution in [0.25, 0.3) is 16.9 Å². The van der Waals surface area contributed by atoms with Crippen molar-refractivity contribution in [2.24, 2.45) is 0 Å². The first-order valence-corrected chi connectivity index (χ1v) is 12.8. The van der Waals surface area contributed by atoms with Crippen molar-refractivity contribution in [2.75, 3.05) is 5.32 Å². The zero-order valence-corrected chi connectivity index (χ0v) is 21.5. The average molecular weight is 484 g/mol. The molecule has 0 fully saturated rings. The third-order valence-corrected chi connectivity index (χ3v) is 7.22. The molecule has 0 amide bonds. The maximum absolute atomic E-state index is 13.6. The molecule has 1 aliphatic heterocycles. The number of nitrogens with one attached hydrogen (secondary N) is 1. The number of aryl methyl sites for hydroxylation is 1. The summed E-state index contributed by atoms with van der Waals surface area (Å²) >= 11 is 0. The summed E-state index contributed by atoms with van der Waals surface area (Å²) in [6.07, 6.45) is 3.64. The number of hydrogen-bond acceptors (Lipinski definition) is 3. The van der Waals surface area contributed by atoms with E-state index >= 15 is 0 Å². The lowest BCUT2D eigenvalue weighted by molar-refractivity contribution is 0.152. The van der Waals surface area contributed by atoms with Crippen molar-refractivity contribution < 1.29 is 9.13 Å². The second-order valence-corrected chi connectivity index (χ2v) is 10.3. The number of ether oxygens (including phenoxy) is 1. The first kappa shape index (κ1) is 24.1. The fraction of sp³-hybridized carbons (Fsp3) is 0.323. The zero-order chi connectivity index (χ0) is 25.3. The van der Waals surface area contributed by atoms with Crippen molar-refractivity contribution in [2.45, 2.75) is 65.0 Å². The SMILES string of the molecule is CCCCC1Oc2ccc(NCc3cc(-c4ccc(C)cc4)n(-c4ccc(F)cc4)n3)cc2C1(C)C. The normalized spacial score (nSPS) is 16.0. The molecule has 1 aromatic heterocycles. The van der Waals surface area contributed by atoms with Gasteiger partial charge < -0.3 is 10.1 Å². The van der Waals surface area contributed by atoms with E-state index in [-0.39, 0.29) is 17.3 Å². The van der Waals surface area contributed by atoms with Crippen LogP contribution in [0.2, 0.25) is 0 Å². The lowest BCUT2D eigenvalue weighted by Gasteiger charge is -2.26. The van der Waals surface area contributed by atoms with E-state index in [1.165, 1.54) is 36.1 Å². The van der Waals surface area contributed by atoms with E-state index in [0.717, 1.165) is 40.5 Å². The third kappa shape index (κ3) is 4.75. The van der Waals surface area contributed by atoms with E-state index in [1.807, 2.05) is 4.68 Å². The Balaban J connectivity index is 1.40. The summed E-state index contributed by atoms with van der Waals surface area (Å²) in [6.45, 7) is 9.43. The van der Waals surface area contributed by atoms with Crippen LogP contribution in [0.5, 0.6) is 5.75 Å². The smallest absolute Gasteiger partial charge is 0.123 e. The fourth-order valence-electron chi connectivity index (χ4n) is 4.95. The van der Waals surface area contributed by atoms with Gasteiger partial charge in [-0.3, -0.25) is 0 Å². The predicted octanol–water partition coefficient (Wildman–Crippen LogP) is 7.83. The first-order valence-electron chi connectivity index (χ1n) is 12.8. The molecule has 2 heterocycles. The predicted molar refractivity (Wildman–Crippen MR) is 144 cm³/mol. The molecule has 5 heteroatoms. The number of anilines is 1. The highest BCUT2D eigenvalue weighted by atomic mass is 19.1. The molecule has 4 aromatic rings. The Morgan fingerprint density at radius 1 is 1.00 bits per heavy atom. The highest BCUT2D eigenvalue weighted by Crippen LogP contribution is 2.45. The molecule has 1 atom stereocenters. The van der Waals surface area contributed by atoms with E-state index in [4.69, 9.17) is 9.84 Å². The van der Waals surface area contributed by atoms with Crippen molar-refractivity contribution in [3.05, 3.63) is 95.4 Å². The summed E-state index contributed by atoms with van der Waals surface area (Å²) in [4.78, 5) is 0. The molecule has 0 radical (unpaired) electrons. The number of halogens is 1.